The van der Waals surface area contributed by atoms with Crippen LogP contribution >= 0.6 is 0 Å². The van der Waals surface area contributed by atoms with Gasteiger partial charge in [0, 0.05) is 25.2 Å². The van der Waals surface area contributed by atoms with Crippen molar-refractivity contribution in [3.05, 3.63) is 90.0 Å². The minimum atomic E-state index is -0.794. The Kier molecular flexibility index (Phi) is 23.6. The Morgan fingerprint density at radius 2 is 1.10 bits per heavy atom. The third-order valence-electron chi connectivity index (χ3n) is 9.18. The van der Waals surface area contributed by atoms with Gasteiger partial charge in [-0.05, 0) is 48.7 Å². The standard InChI is InChI=1S/C44H67NO7/c1-2-3-4-5-6-7-8-9-10-11-12-13-16-21-38-26-27-39(44(32-38)52-37-41(48)36-51-43-24-19-15-20-25-43)33-45(28-30-46)29-31-49-34-40(47)35-50-42-22-17-14-18-23-42/h14-15,17-20,22-27,32,40-41,46-48H,2-13,16,21,28-31,33-37H2,1H3. The van der Waals surface area contributed by atoms with E-state index >= 15 is 0 Å². The van der Waals surface area contributed by atoms with E-state index in [9.17, 15) is 15.3 Å². The number of ether oxygens (including phenoxy) is 4. The highest BCUT2D eigenvalue weighted by Gasteiger charge is 2.15. The molecule has 0 saturated heterocycles. The number of aryl methyl sites for hydroxylation is 1. The first kappa shape index (κ1) is 43.3. The first-order valence-corrected chi connectivity index (χ1v) is 19.9. The number of rotatable bonds is 32. The van der Waals surface area contributed by atoms with E-state index in [0.717, 1.165) is 24.2 Å². The second-order valence-corrected chi connectivity index (χ2v) is 13.9. The van der Waals surface area contributed by atoms with Crippen molar-refractivity contribution in [2.75, 3.05) is 52.7 Å². The van der Waals surface area contributed by atoms with E-state index in [1.165, 1.54) is 82.6 Å². The number of benzene rings is 3. The molecule has 3 N–H and O–H groups in total. The van der Waals surface area contributed by atoms with Crippen molar-refractivity contribution in [1.29, 1.82) is 0 Å². The summed E-state index contributed by atoms with van der Waals surface area (Å²) in [4.78, 5) is 2.11. The fraction of sp³-hybridized carbons (Fsp3) is 0.591. The molecule has 0 aliphatic rings. The smallest absolute Gasteiger partial charge is 0.124 e. The molecular weight excluding hydrogens is 654 g/mol. The molecule has 2 unspecified atom stereocenters. The van der Waals surface area contributed by atoms with Crippen LogP contribution in [0.1, 0.15) is 102 Å². The van der Waals surface area contributed by atoms with Crippen molar-refractivity contribution in [1.82, 2.24) is 4.90 Å². The number of unbranched alkanes of at least 4 members (excludes halogenated alkanes) is 12. The summed E-state index contributed by atoms with van der Waals surface area (Å²) in [5.41, 5.74) is 2.20. The van der Waals surface area contributed by atoms with E-state index in [2.05, 4.69) is 30.0 Å². The molecule has 0 aliphatic carbocycles. The maximum Gasteiger partial charge on any atom is 0.124 e. The van der Waals surface area contributed by atoms with E-state index in [0.29, 0.717) is 37.7 Å². The SMILES string of the molecule is CCCCCCCCCCCCCCCc1ccc(CN(CCO)CCOCC(O)COc2ccccc2)c(OCC(O)COc2ccccc2)c1. The van der Waals surface area contributed by atoms with E-state index in [-0.39, 0.29) is 33.0 Å². The highest BCUT2D eigenvalue weighted by Crippen LogP contribution is 2.25. The van der Waals surface area contributed by atoms with Crippen molar-refractivity contribution >= 4 is 0 Å². The molecule has 0 fully saturated rings. The van der Waals surface area contributed by atoms with Crippen molar-refractivity contribution in [3.63, 3.8) is 0 Å². The molecule has 0 spiro atoms. The fourth-order valence-corrected chi connectivity index (χ4v) is 6.13. The molecule has 290 valence electrons. The van der Waals surface area contributed by atoms with E-state index in [1.54, 1.807) is 0 Å². The van der Waals surface area contributed by atoms with Gasteiger partial charge in [-0.15, -0.1) is 0 Å². The first-order valence-electron chi connectivity index (χ1n) is 19.9. The van der Waals surface area contributed by atoms with Gasteiger partial charge in [0.2, 0.25) is 0 Å². The van der Waals surface area contributed by atoms with Crippen molar-refractivity contribution in [2.24, 2.45) is 0 Å². The average molecular weight is 722 g/mol. The summed E-state index contributed by atoms with van der Waals surface area (Å²) < 4.78 is 23.4. The summed E-state index contributed by atoms with van der Waals surface area (Å²) in [5, 5.41) is 30.8. The number of hydrogen-bond acceptors (Lipinski definition) is 8. The highest BCUT2D eigenvalue weighted by atomic mass is 16.5. The third-order valence-corrected chi connectivity index (χ3v) is 9.18. The van der Waals surface area contributed by atoms with Gasteiger partial charge in [-0.2, -0.15) is 0 Å². The number of nitrogens with zero attached hydrogens (tertiary/aromatic N) is 1. The van der Waals surface area contributed by atoms with E-state index in [1.807, 2.05) is 60.7 Å². The van der Waals surface area contributed by atoms with E-state index in [4.69, 9.17) is 18.9 Å². The summed E-state index contributed by atoms with van der Waals surface area (Å²) in [5.74, 6) is 2.16. The van der Waals surface area contributed by atoms with Crippen LogP contribution in [0.3, 0.4) is 0 Å². The second-order valence-electron chi connectivity index (χ2n) is 13.9. The number of hydrogen-bond donors (Lipinski definition) is 3. The summed E-state index contributed by atoms with van der Waals surface area (Å²) in [7, 11) is 0. The zero-order chi connectivity index (χ0) is 36.9. The van der Waals surface area contributed by atoms with Gasteiger partial charge in [0.1, 0.15) is 49.3 Å². The molecule has 0 aliphatic heterocycles. The molecule has 52 heavy (non-hydrogen) atoms. The van der Waals surface area contributed by atoms with Crippen molar-refractivity contribution in [3.8, 4) is 17.2 Å². The average Bonchev–Trinajstić information content (AvgIpc) is 3.17. The molecule has 3 rings (SSSR count). The van der Waals surface area contributed by atoms with Gasteiger partial charge in [-0.1, -0.05) is 133 Å². The molecule has 8 heteroatoms. The molecule has 2 atom stereocenters. The lowest BCUT2D eigenvalue weighted by Gasteiger charge is -2.24. The molecule has 0 bridgehead atoms. The van der Waals surface area contributed by atoms with Gasteiger partial charge in [0.25, 0.3) is 0 Å². The number of para-hydroxylation sites is 2. The van der Waals surface area contributed by atoms with Crippen LogP contribution in [0.15, 0.2) is 78.9 Å². The van der Waals surface area contributed by atoms with Crippen molar-refractivity contribution in [2.45, 2.75) is 116 Å². The second kappa shape index (κ2) is 28.4. The lowest BCUT2D eigenvalue weighted by atomic mass is 10.0. The zero-order valence-electron chi connectivity index (χ0n) is 31.8. The molecule has 3 aromatic carbocycles. The minimum Gasteiger partial charge on any atom is -0.491 e. The molecule has 0 heterocycles. The summed E-state index contributed by atoms with van der Waals surface area (Å²) in [6, 6.07) is 25.3. The molecule has 8 nitrogen and oxygen atoms in total. The Hall–Kier alpha value is -3.14. The largest absolute Gasteiger partial charge is 0.491 e. The lowest BCUT2D eigenvalue weighted by Crippen LogP contribution is -2.32. The third kappa shape index (κ3) is 20.2. The Bertz CT molecular complexity index is 1260. The fourth-order valence-electron chi connectivity index (χ4n) is 6.13. The normalized spacial score (nSPS) is 12.6. The maximum absolute atomic E-state index is 10.7. The Labute approximate surface area is 314 Å². The summed E-state index contributed by atoms with van der Waals surface area (Å²) >= 11 is 0. The maximum atomic E-state index is 10.7. The van der Waals surface area contributed by atoms with Crippen LogP contribution in [-0.4, -0.2) is 85.2 Å². The van der Waals surface area contributed by atoms with Crippen molar-refractivity contribution < 1.29 is 34.3 Å². The Morgan fingerprint density at radius 3 is 1.65 bits per heavy atom. The van der Waals surface area contributed by atoms with Gasteiger partial charge in [0.05, 0.1) is 19.8 Å². The summed E-state index contributed by atoms with van der Waals surface area (Å²) in [6.45, 7) is 4.82. The predicted octanol–water partition coefficient (Wildman–Crippen LogP) is 8.39. The Morgan fingerprint density at radius 1 is 0.577 bits per heavy atom. The number of aliphatic hydroxyl groups excluding tert-OH is 3. The van der Waals surface area contributed by atoms with Gasteiger partial charge < -0.3 is 34.3 Å². The van der Waals surface area contributed by atoms with E-state index < -0.39 is 12.2 Å². The molecule has 0 radical (unpaired) electrons. The lowest BCUT2D eigenvalue weighted by molar-refractivity contribution is 0.00393. The van der Waals surface area contributed by atoms with Crippen LogP contribution in [-0.2, 0) is 17.7 Å². The van der Waals surface area contributed by atoms with Gasteiger partial charge in [-0.25, -0.2) is 0 Å². The molecule has 0 aromatic heterocycles. The monoisotopic (exact) mass is 721 g/mol. The molecule has 0 saturated carbocycles. The van der Waals surface area contributed by atoms with Crippen LogP contribution in [0.5, 0.6) is 17.2 Å². The molecule has 3 aromatic rings. The van der Waals surface area contributed by atoms with Gasteiger partial charge in [0.15, 0.2) is 0 Å². The predicted molar refractivity (Wildman–Crippen MR) is 210 cm³/mol. The minimum absolute atomic E-state index is 0.0103. The van der Waals surface area contributed by atoms with Gasteiger partial charge in [-0.3, -0.25) is 4.90 Å². The first-order chi connectivity index (χ1) is 25.6. The van der Waals surface area contributed by atoms with Crippen LogP contribution in [0.4, 0.5) is 0 Å². The van der Waals surface area contributed by atoms with Crippen LogP contribution in [0, 0.1) is 0 Å². The van der Waals surface area contributed by atoms with Crippen LogP contribution in [0.25, 0.3) is 0 Å². The molecular formula is C44H67NO7. The molecule has 0 amide bonds. The zero-order valence-corrected chi connectivity index (χ0v) is 31.8. The highest BCUT2D eigenvalue weighted by molar-refractivity contribution is 5.38. The van der Waals surface area contributed by atoms with Crippen LogP contribution < -0.4 is 14.2 Å². The number of aliphatic hydroxyl groups is 3. The quantitative estimate of drug-likeness (QED) is 0.0553. The van der Waals surface area contributed by atoms with Gasteiger partial charge >= 0.3 is 0 Å². The van der Waals surface area contributed by atoms with Crippen LogP contribution in [0.2, 0.25) is 0 Å². The topological polar surface area (TPSA) is 101 Å². The Balaban J connectivity index is 1.46. The summed E-state index contributed by atoms with van der Waals surface area (Å²) in [6.07, 6.45) is 16.8.